The first-order valence-corrected chi connectivity index (χ1v) is 11.7. The molecule has 0 spiro atoms. The first-order valence-electron chi connectivity index (χ1n) is 10.5. The number of rotatable bonds is 9. The Balaban J connectivity index is 1.77. The molecule has 2 unspecified atom stereocenters. The minimum atomic E-state index is -0.200. The second kappa shape index (κ2) is 11.0. The molecule has 2 aromatic rings. The number of thiophene rings is 1. The van der Waals surface area contributed by atoms with E-state index in [2.05, 4.69) is 11.4 Å². The Hall–Kier alpha value is -2.09. The summed E-state index contributed by atoms with van der Waals surface area (Å²) in [4.78, 5) is 30.6. The lowest BCUT2D eigenvalue weighted by Gasteiger charge is -2.38. The third-order valence-corrected chi connectivity index (χ3v) is 6.90. The predicted octanol–water partition coefficient (Wildman–Crippen LogP) is 4.18. The van der Waals surface area contributed by atoms with Crippen LogP contribution in [0.15, 0.2) is 35.7 Å². The summed E-state index contributed by atoms with van der Waals surface area (Å²) in [5, 5.41) is 2.70. The van der Waals surface area contributed by atoms with Gasteiger partial charge < -0.3 is 19.3 Å². The lowest BCUT2D eigenvalue weighted by Crippen LogP contribution is -2.50. The lowest BCUT2D eigenvalue weighted by atomic mass is 10.00. The van der Waals surface area contributed by atoms with Crippen molar-refractivity contribution in [3.8, 4) is 5.75 Å². The monoisotopic (exact) mass is 464 g/mol. The number of hydrogen-bond donors (Lipinski definition) is 0. The number of fused-ring (bicyclic) bond motifs is 1. The molecule has 2 atom stereocenters. The van der Waals surface area contributed by atoms with Gasteiger partial charge in [-0.1, -0.05) is 18.5 Å². The molecule has 8 heteroatoms. The summed E-state index contributed by atoms with van der Waals surface area (Å²) < 4.78 is 11.0. The summed E-state index contributed by atoms with van der Waals surface area (Å²) in [5.74, 6) is 0.453. The van der Waals surface area contributed by atoms with Crippen molar-refractivity contribution >= 4 is 34.8 Å². The number of amides is 2. The summed E-state index contributed by atoms with van der Waals surface area (Å²) >= 11 is 7.67. The highest BCUT2D eigenvalue weighted by atomic mass is 35.5. The van der Waals surface area contributed by atoms with Gasteiger partial charge in [0.05, 0.1) is 6.04 Å². The SMILES string of the molecule is CCC(C)N(CC(=O)N1CCc2sccc2C1COc1ccc(Cl)cc1)C(=O)COC. The number of halogens is 1. The van der Waals surface area contributed by atoms with E-state index in [-0.39, 0.29) is 37.0 Å². The molecule has 0 radical (unpaired) electrons. The van der Waals surface area contributed by atoms with Gasteiger partial charge in [0.15, 0.2) is 0 Å². The lowest BCUT2D eigenvalue weighted by molar-refractivity contribution is -0.146. The molecular formula is C23H29ClN2O4S. The highest BCUT2D eigenvalue weighted by Gasteiger charge is 2.34. The Morgan fingerprint density at radius 2 is 2.03 bits per heavy atom. The molecule has 2 amide bonds. The molecule has 0 aliphatic carbocycles. The van der Waals surface area contributed by atoms with Crippen molar-refractivity contribution < 1.29 is 19.1 Å². The minimum absolute atomic E-state index is 0.0323. The summed E-state index contributed by atoms with van der Waals surface area (Å²) in [6.07, 6.45) is 1.58. The van der Waals surface area contributed by atoms with E-state index in [1.807, 2.05) is 30.9 Å². The third-order valence-electron chi connectivity index (χ3n) is 5.65. The Morgan fingerprint density at radius 3 is 2.71 bits per heavy atom. The smallest absolute Gasteiger partial charge is 0.249 e. The second-order valence-corrected chi connectivity index (χ2v) is 9.07. The molecule has 1 aliphatic rings. The van der Waals surface area contributed by atoms with Gasteiger partial charge in [-0.25, -0.2) is 0 Å². The molecule has 1 aromatic heterocycles. The van der Waals surface area contributed by atoms with E-state index in [0.29, 0.717) is 23.9 Å². The quantitative estimate of drug-likeness (QED) is 0.558. The first kappa shape index (κ1) is 23.6. The van der Waals surface area contributed by atoms with E-state index in [4.69, 9.17) is 21.1 Å². The molecule has 6 nitrogen and oxygen atoms in total. The van der Waals surface area contributed by atoms with Gasteiger partial charge in [-0.15, -0.1) is 11.3 Å². The van der Waals surface area contributed by atoms with Crippen molar-refractivity contribution in [2.75, 3.05) is 33.4 Å². The van der Waals surface area contributed by atoms with Gasteiger partial charge in [0, 0.05) is 29.6 Å². The van der Waals surface area contributed by atoms with Crippen LogP contribution in [0.1, 0.15) is 36.8 Å². The van der Waals surface area contributed by atoms with Crippen LogP contribution in [0.3, 0.4) is 0 Å². The summed E-state index contributed by atoms with van der Waals surface area (Å²) in [6, 6.07) is 9.02. The minimum Gasteiger partial charge on any atom is -0.491 e. The highest BCUT2D eigenvalue weighted by molar-refractivity contribution is 7.10. The third kappa shape index (κ3) is 5.79. The van der Waals surface area contributed by atoms with E-state index >= 15 is 0 Å². The van der Waals surface area contributed by atoms with Gasteiger partial charge in [-0.05, 0) is 61.0 Å². The number of carbonyl (C=O) groups is 2. The number of benzene rings is 1. The van der Waals surface area contributed by atoms with E-state index in [0.717, 1.165) is 18.4 Å². The Morgan fingerprint density at radius 1 is 1.29 bits per heavy atom. The van der Waals surface area contributed by atoms with Crippen molar-refractivity contribution in [3.63, 3.8) is 0 Å². The average molecular weight is 465 g/mol. The standard InChI is InChI=1S/C23H29ClN2O4S/c1-4-16(2)26(23(28)15-29-3)13-22(27)25-11-9-21-19(10-12-31-21)20(25)14-30-18-7-5-17(24)6-8-18/h5-8,10,12,16,20H,4,9,11,13-15H2,1-3H3. The molecule has 168 valence electrons. The molecule has 0 bridgehead atoms. The van der Waals surface area contributed by atoms with Crippen LogP contribution in [-0.4, -0.2) is 61.1 Å². The molecule has 31 heavy (non-hydrogen) atoms. The van der Waals surface area contributed by atoms with Crippen LogP contribution in [0.2, 0.25) is 5.02 Å². The topological polar surface area (TPSA) is 59.1 Å². The predicted molar refractivity (Wildman–Crippen MR) is 123 cm³/mol. The molecule has 0 N–H and O–H groups in total. The van der Waals surface area contributed by atoms with Crippen LogP contribution < -0.4 is 4.74 Å². The van der Waals surface area contributed by atoms with Crippen LogP contribution in [0.5, 0.6) is 5.75 Å². The summed E-state index contributed by atoms with van der Waals surface area (Å²) in [6.45, 7) is 4.91. The van der Waals surface area contributed by atoms with E-state index in [1.54, 1.807) is 28.4 Å². The number of hydrogen-bond acceptors (Lipinski definition) is 5. The zero-order valence-electron chi connectivity index (χ0n) is 18.2. The van der Waals surface area contributed by atoms with Crippen molar-refractivity contribution in [3.05, 3.63) is 51.2 Å². The number of carbonyl (C=O) groups excluding carboxylic acids is 2. The zero-order chi connectivity index (χ0) is 22.4. The van der Waals surface area contributed by atoms with Crippen LogP contribution >= 0.6 is 22.9 Å². The van der Waals surface area contributed by atoms with Crippen LogP contribution in [0.25, 0.3) is 0 Å². The van der Waals surface area contributed by atoms with Crippen molar-refractivity contribution in [2.45, 2.75) is 38.8 Å². The van der Waals surface area contributed by atoms with Gasteiger partial charge in [0.1, 0.15) is 25.5 Å². The van der Waals surface area contributed by atoms with Crippen molar-refractivity contribution in [1.82, 2.24) is 9.80 Å². The molecule has 0 fully saturated rings. The fourth-order valence-electron chi connectivity index (χ4n) is 3.73. The summed E-state index contributed by atoms with van der Waals surface area (Å²) in [7, 11) is 1.49. The average Bonchev–Trinajstić information content (AvgIpc) is 3.25. The highest BCUT2D eigenvalue weighted by Crippen LogP contribution is 2.34. The molecule has 1 aromatic carbocycles. The van der Waals surface area contributed by atoms with Crippen LogP contribution in [0.4, 0.5) is 0 Å². The largest absolute Gasteiger partial charge is 0.491 e. The fourth-order valence-corrected chi connectivity index (χ4v) is 4.79. The van der Waals surface area contributed by atoms with Gasteiger partial charge in [-0.2, -0.15) is 0 Å². The van der Waals surface area contributed by atoms with E-state index in [9.17, 15) is 9.59 Å². The molecular weight excluding hydrogens is 436 g/mol. The van der Waals surface area contributed by atoms with Gasteiger partial charge in [0.25, 0.3) is 0 Å². The molecule has 2 heterocycles. The molecule has 1 aliphatic heterocycles. The van der Waals surface area contributed by atoms with Crippen LogP contribution in [0, 0.1) is 0 Å². The van der Waals surface area contributed by atoms with Crippen molar-refractivity contribution in [2.24, 2.45) is 0 Å². The van der Waals surface area contributed by atoms with Crippen molar-refractivity contribution in [1.29, 1.82) is 0 Å². The number of nitrogens with zero attached hydrogens (tertiary/aromatic N) is 2. The maximum absolute atomic E-state index is 13.4. The van der Waals surface area contributed by atoms with E-state index < -0.39 is 0 Å². The Bertz CT molecular complexity index is 886. The van der Waals surface area contributed by atoms with Crippen LogP contribution in [-0.2, 0) is 20.7 Å². The first-order chi connectivity index (χ1) is 14.9. The molecule has 0 saturated carbocycles. The number of ether oxygens (including phenoxy) is 2. The Labute approximate surface area is 192 Å². The van der Waals surface area contributed by atoms with E-state index in [1.165, 1.54) is 12.0 Å². The maximum Gasteiger partial charge on any atom is 0.249 e. The maximum atomic E-state index is 13.4. The normalized spacial score (nSPS) is 16.5. The number of methoxy groups -OCH3 is 1. The molecule has 0 saturated heterocycles. The Kier molecular flexibility index (Phi) is 8.35. The van der Waals surface area contributed by atoms with Gasteiger partial charge in [0.2, 0.25) is 11.8 Å². The van der Waals surface area contributed by atoms with Gasteiger partial charge >= 0.3 is 0 Å². The zero-order valence-corrected chi connectivity index (χ0v) is 19.7. The summed E-state index contributed by atoms with van der Waals surface area (Å²) in [5.41, 5.74) is 1.12. The second-order valence-electron chi connectivity index (χ2n) is 7.63. The molecule has 3 rings (SSSR count). The van der Waals surface area contributed by atoms with Gasteiger partial charge in [-0.3, -0.25) is 9.59 Å². The fraction of sp³-hybridized carbons (Fsp3) is 0.478.